The molecule has 0 N–H and O–H groups in total. The highest BCUT2D eigenvalue weighted by Gasteiger charge is 2.40. The molecule has 29 heavy (non-hydrogen) atoms. The monoisotopic (exact) mass is 419 g/mol. The Morgan fingerprint density at radius 2 is 1.31 bits per heavy atom. The maximum Gasteiger partial charge on any atom is 0.333 e. The summed E-state index contributed by atoms with van der Waals surface area (Å²) in [4.78, 5) is 71.0. The first kappa shape index (κ1) is 23.6. The van der Waals surface area contributed by atoms with Crippen molar-refractivity contribution in [3.63, 3.8) is 0 Å². The van der Waals surface area contributed by atoms with E-state index >= 15 is 0 Å². The van der Waals surface area contributed by atoms with Crippen LogP contribution in [0.5, 0.6) is 0 Å². The average molecular weight is 419 g/mol. The molecule has 0 saturated carbocycles. The fourth-order valence-corrected chi connectivity index (χ4v) is 2.40. The maximum absolute atomic E-state index is 11.8. The lowest BCUT2D eigenvalue weighted by molar-refractivity contribution is -0.540. The summed E-state index contributed by atoms with van der Waals surface area (Å²) in [6, 6.07) is 0. The molecule has 0 aromatic rings. The number of rotatable bonds is 7. The molecule has 2 aliphatic rings. The molecule has 2 fully saturated rings. The van der Waals surface area contributed by atoms with Gasteiger partial charge in [0.1, 0.15) is 0 Å². The van der Waals surface area contributed by atoms with Gasteiger partial charge in [-0.15, -0.1) is 5.06 Å². The summed E-state index contributed by atoms with van der Waals surface area (Å²) in [7, 11) is 0. The third kappa shape index (κ3) is 7.61. The second-order valence-electron chi connectivity index (χ2n) is 8.04. The van der Waals surface area contributed by atoms with Crippen LogP contribution in [0.4, 0.5) is 0 Å². The van der Waals surface area contributed by atoms with Crippen LogP contribution in [0.1, 0.15) is 79.6 Å². The molecule has 0 bridgehead atoms. The van der Waals surface area contributed by atoms with Crippen LogP contribution < -0.4 is 0 Å². The van der Waals surface area contributed by atoms with Crippen molar-refractivity contribution in [2.24, 2.45) is 0 Å². The number of imide groups is 1. The van der Waals surface area contributed by atoms with E-state index in [0.717, 1.165) is 0 Å². The average Bonchev–Trinajstić information content (AvgIpc) is 2.96. The predicted molar refractivity (Wildman–Crippen MR) is 93.3 cm³/mol. The van der Waals surface area contributed by atoms with E-state index in [4.69, 9.17) is 34.2 Å². The summed E-state index contributed by atoms with van der Waals surface area (Å²) in [6.45, 7) is 8.07. The fourth-order valence-electron chi connectivity index (χ4n) is 2.40. The molecule has 0 radical (unpaired) electrons. The molecule has 0 atom stereocenters. The topological polar surface area (TPSA) is 119 Å². The molecule has 2 rings (SSSR count). The molecule has 0 unspecified atom stereocenters. The number of hydroxylamine groups is 2. The van der Waals surface area contributed by atoms with Gasteiger partial charge in [-0.3, -0.25) is 9.59 Å². The predicted octanol–water partition coefficient (Wildman–Crippen LogP) is 2.59. The third-order valence-electron chi connectivity index (χ3n) is 3.99. The zero-order valence-corrected chi connectivity index (χ0v) is 17.5. The summed E-state index contributed by atoms with van der Waals surface area (Å²) < 4.78 is 0. The lowest BCUT2D eigenvalue weighted by Crippen LogP contribution is -2.37. The smallest absolute Gasteiger partial charge is 0.330 e. The Labute approximate surface area is 169 Å². The minimum Gasteiger partial charge on any atom is -0.330 e. The lowest BCUT2D eigenvalue weighted by atomic mass is 10.1. The Balaban J connectivity index is 1.74. The van der Waals surface area contributed by atoms with Crippen molar-refractivity contribution in [2.75, 3.05) is 0 Å². The highest BCUT2D eigenvalue weighted by Crippen LogP contribution is 2.30. The lowest BCUT2D eigenvalue weighted by Gasteiger charge is -2.29. The van der Waals surface area contributed by atoms with Crippen LogP contribution in [0.15, 0.2) is 0 Å². The molecule has 0 aromatic carbocycles. The van der Waals surface area contributed by atoms with Gasteiger partial charge in [0, 0.05) is 25.7 Å². The van der Waals surface area contributed by atoms with E-state index in [2.05, 4.69) is 0 Å². The first-order valence-electron chi connectivity index (χ1n) is 9.59. The van der Waals surface area contributed by atoms with Crippen LogP contribution >= 0.6 is 0 Å². The zero-order valence-electron chi connectivity index (χ0n) is 17.5. The quantitative estimate of drug-likeness (QED) is 0.346. The number of carbonyl (C=O) groups is 3. The van der Waals surface area contributed by atoms with Crippen molar-refractivity contribution in [3.8, 4) is 0 Å². The Morgan fingerprint density at radius 3 is 1.83 bits per heavy atom. The van der Waals surface area contributed by atoms with Gasteiger partial charge in [-0.25, -0.2) is 4.79 Å². The summed E-state index contributed by atoms with van der Waals surface area (Å²) >= 11 is 0. The van der Waals surface area contributed by atoms with Crippen molar-refractivity contribution in [2.45, 2.75) is 96.9 Å². The molecular weight excluding hydrogens is 390 g/mol. The third-order valence-corrected chi connectivity index (χ3v) is 3.99. The summed E-state index contributed by atoms with van der Waals surface area (Å²) in [5, 5.41) is 0.546. The van der Waals surface area contributed by atoms with Gasteiger partial charge in [0.05, 0.1) is 0 Å². The van der Waals surface area contributed by atoms with Crippen LogP contribution in [-0.4, -0.2) is 40.2 Å². The number of carbonyl (C=O) groups excluding carboxylic acids is 3. The van der Waals surface area contributed by atoms with Crippen molar-refractivity contribution in [1.82, 2.24) is 5.06 Å². The molecule has 0 spiro atoms. The molecule has 2 amide bonds. The minimum atomic E-state index is -1.24. The van der Waals surface area contributed by atoms with E-state index < -0.39 is 35.1 Å². The molecule has 2 heterocycles. The van der Waals surface area contributed by atoms with E-state index in [1.807, 2.05) is 0 Å². The Kier molecular flexibility index (Phi) is 7.71. The zero-order chi connectivity index (χ0) is 21.7. The number of amides is 2. The van der Waals surface area contributed by atoms with Crippen LogP contribution in [0.3, 0.4) is 0 Å². The van der Waals surface area contributed by atoms with Crippen molar-refractivity contribution < 1.29 is 48.5 Å². The van der Waals surface area contributed by atoms with Gasteiger partial charge >= 0.3 is 5.97 Å². The highest BCUT2D eigenvalue weighted by atomic mass is 17.4. The van der Waals surface area contributed by atoms with E-state index in [-0.39, 0.29) is 19.3 Å². The first-order chi connectivity index (χ1) is 13.4. The van der Waals surface area contributed by atoms with Gasteiger partial charge < -0.3 is 4.84 Å². The number of hydrogen-bond acceptors (Lipinski definition) is 10. The second-order valence-corrected chi connectivity index (χ2v) is 8.04. The summed E-state index contributed by atoms with van der Waals surface area (Å²) in [6.07, 6.45) is 2.34. The first-order valence-corrected chi connectivity index (χ1v) is 9.59. The van der Waals surface area contributed by atoms with Gasteiger partial charge in [-0.05, 0) is 47.5 Å². The van der Waals surface area contributed by atoms with Gasteiger partial charge in [0.2, 0.25) is 17.4 Å². The standard InChI is InChI=1S/C18H29NO10/c1-16(2)24-25-17(3,4)27-29-18(5,28-26-16)12-8-6-7-9-15(22)23-19-13(20)10-11-14(19)21/h6-12H2,1-5H3. The van der Waals surface area contributed by atoms with Gasteiger partial charge in [-0.1, -0.05) is 6.42 Å². The normalized spacial score (nSPS) is 24.0. The fraction of sp³-hybridized carbons (Fsp3) is 0.833. The number of unbranched alkanes of at least 4 members (excludes halogenated alkanes) is 2. The van der Waals surface area contributed by atoms with E-state index in [1.54, 1.807) is 34.6 Å². The van der Waals surface area contributed by atoms with Crippen LogP contribution in [0.25, 0.3) is 0 Å². The minimum absolute atomic E-state index is 0.0680. The van der Waals surface area contributed by atoms with Crippen LogP contribution in [-0.2, 0) is 48.5 Å². The molecule has 2 saturated heterocycles. The Bertz CT molecular complexity index is 582. The van der Waals surface area contributed by atoms with Gasteiger partial charge in [0.25, 0.3) is 11.8 Å². The summed E-state index contributed by atoms with van der Waals surface area (Å²) in [5.41, 5.74) is 0. The van der Waals surface area contributed by atoms with Crippen LogP contribution in [0, 0.1) is 0 Å². The molecule has 0 aliphatic carbocycles. The number of nitrogens with zero attached hydrogens (tertiary/aromatic N) is 1. The summed E-state index contributed by atoms with van der Waals surface area (Å²) in [5.74, 6) is -5.23. The van der Waals surface area contributed by atoms with E-state index in [0.29, 0.717) is 30.7 Å². The van der Waals surface area contributed by atoms with Crippen molar-refractivity contribution in [3.05, 3.63) is 0 Å². The van der Waals surface area contributed by atoms with Gasteiger partial charge in [0.15, 0.2) is 0 Å². The van der Waals surface area contributed by atoms with Crippen molar-refractivity contribution in [1.29, 1.82) is 0 Å². The molecule has 166 valence electrons. The van der Waals surface area contributed by atoms with E-state index in [1.165, 1.54) is 0 Å². The van der Waals surface area contributed by atoms with E-state index in [9.17, 15) is 14.4 Å². The molecular formula is C18H29NO10. The van der Waals surface area contributed by atoms with Crippen LogP contribution in [0.2, 0.25) is 0 Å². The largest absolute Gasteiger partial charge is 0.333 e. The molecule has 11 nitrogen and oxygen atoms in total. The maximum atomic E-state index is 11.8. The Hall–Kier alpha value is -1.63. The molecule has 2 aliphatic heterocycles. The number of hydrogen-bond donors (Lipinski definition) is 0. The SMILES string of the molecule is CC1(C)OOC(C)(C)OOC(C)(CCCCCC(=O)ON2C(=O)CCC2=O)OO1. The van der Waals surface area contributed by atoms with Crippen molar-refractivity contribution >= 4 is 17.8 Å². The highest BCUT2D eigenvalue weighted by molar-refractivity contribution is 6.01. The second kappa shape index (κ2) is 9.45. The molecule has 0 aromatic heterocycles. The Morgan fingerprint density at radius 1 is 0.828 bits per heavy atom. The van der Waals surface area contributed by atoms with Gasteiger partial charge in [-0.2, -0.15) is 29.3 Å². The molecule has 11 heteroatoms.